The predicted molar refractivity (Wildman–Crippen MR) is 80.8 cm³/mol. The van der Waals surface area contributed by atoms with E-state index in [2.05, 4.69) is 17.2 Å². The molecule has 0 aliphatic rings. The van der Waals surface area contributed by atoms with E-state index in [4.69, 9.17) is 5.73 Å². The summed E-state index contributed by atoms with van der Waals surface area (Å²) in [5, 5.41) is 3.89. The Kier molecular flexibility index (Phi) is 4.21. The van der Waals surface area contributed by atoms with Gasteiger partial charge in [0.05, 0.1) is 10.9 Å². The lowest BCUT2D eigenvalue weighted by molar-refractivity contribution is 0.0944. The zero-order chi connectivity index (χ0) is 14.0. The van der Waals surface area contributed by atoms with Crippen molar-refractivity contribution in [3.63, 3.8) is 0 Å². The van der Waals surface area contributed by atoms with Gasteiger partial charge in [-0.3, -0.25) is 4.79 Å². The molecule has 2 aromatic rings. The van der Waals surface area contributed by atoms with Gasteiger partial charge >= 0.3 is 0 Å². The Morgan fingerprint density at radius 1 is 1.53 bits per heavy atom. The Labute approximate surface area is 120 Å². The lowest BCUT2D eigenvalue weighted by Crippen LogP contribution is -2.25. The molecule has 1 atom stereocenters. The molecule has 2 rings (SSSR count). The van der Waals surface area contributed by atoms with Crippen LogP contribution in [0.3, 0.4) is 0 Å². The van der Waals surface area contributed by atoms with Crippen LogP contribution in [-0.4, -0.2) is 10.9 Å². The van der Waals surface area contributed by atoms with Crippen LogP contribution in [0.1, 0.15) is 44.3 Å². The highest BCUT2D eigenvalue weighted by molar-refractivity contribution is 7.14. The van der Waals surface area contributed by atoms with Crippen LogP contribution in [0.4, 0.5) is 5.69 Å². The largest absolute Gasteiger partial charge is 0.398 e. The first-order valence-electron chi connectivity index (χ1n) is 6.12. The molecule has 1 unspecified atom stereocenters. The highest BCUT2D eigenvalue weighted by Gasteiger charge is 2.16. The molecular weight excluding hydrogens is 278 g/mol. The van der Waals surface area contributed by atoms with Crippen LogP contribution in [0.5, 0.6) is 0 Å². The van der Waals surface area contributed by atoms with E-state index in [9.17, 15) is 4.79 Å². The van der Waals surface area contributed by atoms with Crippen LogP contribution < -0.4 is 11.1 Å². The van der Waals surface area contributed by atoms with Gasteiger partial charge in [-0.15, -0.1) is 22.7 Å². The number of nitrogens with two attached hydrogens (primary N) is 1. The maximum Gasteiger partial charge on any atom is 0.261 e. The van der Waals surface area contributed by atoms with Crippen LogP contribution >= 0.6 is 22.7 Å². The first kappa shape index (κ1) is 14.0. The van der Waals surface area contributed by atoms with Gasteiger partial charge in [0.2, 0.25) is 0 Å². The van der Waals surface area contributed by atoms with Crippen molar-refractivity contribution in [2.75, 3.05) is 5.73 Å². The molecule has 0 aliphatic heterocycles. The van der Waals surface area contributed by atoms with Crippen LogP contribution in [0.15, 0.2) is 12.3 Å². The molecule has 1 amide bonds. The number of carbonyl (C=O) groups is 1. The molecule has 6 heteroatoms. The van der Waals surface area contributed by atoms with Crippen molar-refractivity contribution in [1.29, 1.82) is 0 Å². The summed E-state index contributed by atoms with van der Waals surface area (Å²) >= 11 is 3.05. The van der Waals surface area contributed by atoms with Crippen molar-refractivity contribution in [3.8, 4) is 0 Å². The molecule has 0 bridgehead atoms. The quantitative estimate of drug-likeness (QED) is 0.910. The Hall–Kier alpha value is -1.40. The van der Waals surface area contributed by atoms with Gasteiger partial charge in [-0.25, -0.2) is 4.98 Å². The number of amides is 1. The zero-order valence-corrected chi connectivity index (χ0v) is 12.8. The Bertz CT molecular complexity index is 569. The summed E-state index contributed by atoms with van der Waals surface area (Å²) in [5.41, 5.74) is 6.43. The number of hydrogen-bond acceptors (Lipinski definition) is 5. The average molecular weight is 295 g/mol. The van der Waals surface area contributed by atoms with Gasteiger partial charge < -0.3 is 11.1 Å². The fourth-order valence-electron chi connectivity index (χ4n) is 1.62. The Balaban J connectivity index is 2.06. The zero-order valence-electron chi connectivity index (χ0n) is 11.2. The van der Waals surface area contributed by atoms with Gasteiger partial charge in [-0.05, 0) is 26.3 Å². The summed E-state index contributed by atoms with van der Waals surface area (Å²) < 4.78 is 0. The smallest absolute Gasteiger partial charge is 0.261 e. The molecule has 2 aromatic heterocycles. The second-order valence-corrected chi connectivity index (χ2v) is 6.74. The normalized spacial score (nSPS) is 12.4. The number of aromatic nitrogens is 1. The van der Waals surface area contributed by atoms with E-state index in [0.717, 1.165) is 16.3 Å². The highest BCUT2D eigenvalue weighted by atomic mass is 32.1. The van der Waals surface area contributed by atoms with Crippen LogP contribution in [-0.2, 0) is 6.42 Å². The highest BCUT2D eigenvalue weighted by Crippen LogP contribution is 2.25. The average Bonchev–Trinajstić information content (AvgIpc) is 2.97. The fourth-order valence-corrected chi connectivity index (χ4v) is 3.33. The molecule has 0 aromatic carbocycles. The summed E-state index contributed by atoms with van der Waals surface area (Å²) in [4.78, 5) is 19.3. The minimum absolute atomic E-state index is 0.0820. The third-order valence-electron chi connectivity index (χ3n) is 2.82. The molecule has 102 valence electrons. The summed E-state index contributed by atoms with van der Waals surface area (Å²) in [6, 6.07) is 1.64. The van der Waals surface area contributed by atoms with E-state index in [1.54, 1.807) is 17.4 Å². The number of nitrogen functional groups attached to an aromatic ring is 1. The molecule has 2 heterocycles. The molecule has 0 saturated carbocycles. The standard InChI is InChI=1S/C13H17N3OS2/c1-4-9-6-15-13(19-9)7(2)16-12(17)11-5-10(14)8(3)18-11/h5-7H,4,14H2,1-3H3,(H,16,17). The summed E-state index contributed by atoms with van der Waals surface area (Å²) in [6.45, 7) is 5.95. The van der Waals surface area contributed by atoms with Gasteiger partial charge in [0.15, 0.2) is 0 Å². The van der Waals surface area contributed by atoms with Crippen LogP contribution in [0.25, 0.3) is 0 Å². The van der Waals surface area contributed by atoms with Crippen LogP contribution in [0.2, 0.25) is 0 Å². The van der Waals surface area contributed by atoms with E-state index in [-0.39, 0.29) is 11.9 Å². The molecule has 0 fully saturated rings. The number of nitrogens with one attached hydrogen (secondary N) is 1. The van der Waals surface area contributed by atoms with Gasteiger partial charge in [0.25, 0.3) is 5.91 Å². The van der Waals surface area contributed by atoms with Gasteiger partial charge in [0, 0.05) is 21.6 Å². The molecule has 0 saturated heterocycles. The van der Waals surface area contributed by atoms with Crippen molar-refractivity contribution >= 4 is 34.3 Å². The second kappa shape index (κ2) is 5.71. The lowest BCUT2D eigenvalue weighted by Gasteiger charge is -2.09. The first-order valence-corrected chi connectivity index (χ1v) is 7.76. The fraction of sp³-hybridized carbons (Fsp3) is 0.385. The third-order valence-corrected chi connectivity index (χ3v) is 5.21. The van der Waals surface area contributed by atoms with E-state index >= 15 is 0 Å². The maximum absolute atomic E-state index is 12.1. The third kappa shape index (κ3) is 3.13. The van der Waals surface area contributed by atoms with Gasteiger partial charge in [-0.1, -0.05) is 6.92 Å². The molecule has 0 radical (unpaired) electrons. The second-order valence-electron chi connectivity index (χ2n) is 4.34. The number of anilines is 1. The van der Waals surface area contributed by atoms with Gasteiger partial charge in [0.1, 0.15) is 5.01 Å². The Morgan fingerprint density at radius 2 is 2.26 bits per heavy atom. The van der Waals surface area contributed by atoms with Gasteiger partial charge in [-0.2, -0.15) is 0 Å². The minimum atomic E-state index is -0.0921. The maximum atomic E-state index is 12.1. The monoisotopic (exact) mass is 295 g/mol. The predicted octanol–water partition coefficient (Wildman–Crippen LogP) is 3.15. The molecule has 3 N–H and O–H groups in total. The number of carbonyl (C=O) groups excluding carboxylic acids is 1. The van der Waals surface area contributed by atoms with Crippen molar-refractivity contribution < 1.29 is 4.79 Å². The van der Waals surface area contributed by atoms with E-state index < -0.39 is 0 Å². The number of nitrogens with zero attached hydrogens (tertiary/aromatic N) is 1. The summed E-state index contributed by atoms with van der Waals surface area (Å²) in [6.07, 6.45) is 2.84. The topological polar surface area (TPSA) is 68.0 Å². The number of thiazole rings is 1. The molecule has 0 aliphatic carbocycles. The van der Waals surface area contributed by atoms with E-state index in [1.807, 2.05) is 20.0 Å². The molecule has 19 heavy (non-hydrogen) atoms. The van der Waals surface area contributed by atoms with Crippen molar-refractivity contribution in [2.24, 2.45) is 0 Å². The Morgan fingerprint density at radius 3 is 2.79 bits per heavy atom. The number of thiophene rings is 1. The van der Waals surface area contributed by atoms with E-state index in [0.29, 0.717) is 10.6 Å². The first-order chi connectivity index (χ1) is 9.01. The van der Waals surface area contributed by atoms with Crippen molar-refractivity contribution in [1.82, 2.24) is 10.3 Å². The SMILES string of the molecule is CCc1cnc(C(C)NC(=O)c2cc(N)c(C)s2)s1. The lowest BCUT2D eigenvalue weighted by atomic mass is 10.3. The van der Waals surface area contributed by atoms with Crippen LogP contribution in [0, 0.1) is 6.92 Å². The van der Waals surface area contributed by atoms with Crippen molar-refractivity contribution in [3.05, 3.63) is 31.9 Å². The number of rotatable bonds is 4. The number of aryl methyl sites for hydroxylation is 2. The summed E-state index contributed by atoms with van der Waals surface area (Å²) in [7, 11) is 0. The molecule has 0 spiro atoms. The summed E-state index contributed by atoms with van der Waals surface area (Å²) in [5.74, 6) is -0.0921. The minimum Gasteiger partial charge on any atom is -0.398 e. The number of hydrogen-bond donors (Lipinski definition) is 2. The van der Waals surface area contributed by atoms with E-state index in [1.165, 1.54) is 16.2 Å². The molecular formula is C13H17N3OS2. The van der Waals surface area contributed by atoms with Crippen molar-refractivity contribution in [2.45, 2.75) is 33.2 Å². The molecule has 4 nitrogen and oxygen atoms in total.